The molecule has 0 aromatic heterocycles. The number of rotatable bonds is 2. The van der Waals surface area contributed by atoms with Crippen LogP contribution in [0.3, 0.4) is 0 Å². The summed E-state index contributed by atoms with van der Waals surface area (Å²) in [6, 6.07) is 0. The number of amides is 2. The second-order valence-corrected chi connectivity index (χ2v) is 9.05. The minimum Gasteiger partial charge on any atom is -0.480 e. The molecule has 2 fully saturated rings. The van der Waals surface area contributed by atoms with Crippen molar-refractivity contribution in [1.29, 1.82) is 0 Å². The highest BCUT2D eigenvalue weighted by atomic mass is 16.6. The summed E-state index contributed by atoms with van der Waals surface area (Å²) in [7, 11) is 0. The van der Waals surface area contributed by atoms with Gasteiger partial charge in [0.2, 0.25) is 5.91 Å². The fourth-order valence-corrected chi connectivity index (χ4v) is 4.04. The Morgan fingerprint density at radius 1 is 1.12 bits per heavy atom. The van der Waals surface area contributed by atoms with Crippen LogP contribution in [-0.4, -0.2) is 62.6 Å². The highest BCUT2D eigenvalue weighted by Gasteiger charge is 2.56. The number of aliphatic carboxylic acids is 1. The van der Waals surface area contributed by atoms with E-state index >= 15 is 0 Å². The van der Waals surface area contributed by atoms with Gasteiger partial charge in [0.05, 0.1) is 5.54 Å². The molecule has 7 heteroatoms. The molecule has 1 aliphatic carbocycles. The first-order valence-corrected chi connectivity index (χ1v) is 9.44. The number of hydrogen-bond acceptors (Lipinski definition) is 4. The summed E-state index contributed by atoms with van der Waals surface area (Å²) in [6.07, 6.45) is 4.87. The molecule has 0 unspecified atom stereocenters. The average Bonchev–Trinajstić information content (AvgIpc) is 2.72. The SMILES string of the molecule is CC(C)(C)OC(=O)N1CC2(CCCCCC2)N(CC(=O)O)C(=O)C1(C)C. The minimum absolute atomic E-state index is 0.313. The van der Waals surface area contributed by atoms with Crippen LogP contribution in [0.2, 0.25) is 0 Å². The first-order valence-electron chi connectivity index (χ1n) is 9.44. The van der Waals surface area contributed by atoms with Crippen molar-refractivity contribution in [2.45, 2.75) is 89.8 Å². The normalized spacial score (nSPS) is 22.9. The summed E-state index contributed by atoms with van der Waals surface area (Å²) in [5.74, 6) is -1.35. The van der Waals surface area contributed by atoms with Gasteiger partial charge in [-0.25, -0.2) is 4.79 Å². The Bertz CT molecular complexity index is 571. The standard InChI is InChI=1S/C19H32N2O5/c1-17(2,3)26-16(25)21-13-19(10-8-6-7-9-11-19)20(12-14(22)23)15(24)18(21,4)5/h6-13H2,1-5H3,(H,22,23). The van der Waals surface area contributed by atoms with Crippen LogP contribution >= 0.6 is 0 Å². The van der Waals surface area contributed by atoms with E-state index < -0.39 is 28.7 Å². The molecule has 7 nitrogen and oxygen atoms in total. The van der Waals surface area contributed by atoms with Crippen molar-refractivity contribution >= 4 is 18.0 Å². The second-order valence-electron chi connectivity index (χ2n) is 9.05. The third-order valence-electron chi connectivity index (χ3n) is 5.41. The largest absolute Gasteiger partial charge is 0.480 e. The summed E-state index contributed by atoms with van der Waals surface area (Å²) >= 11 is 0. The zero-order chi connectivity index (χ0) is 19.8. The van der Waals surface area contributed by atoms with Crippen LogP contribution in [0.15, 0.2) is 0 Å². The lowest BCUT2D eigenvalue weighted by atomic mass is 9.80. The Labute approximate surface area is 155 Å². The molecule has 1 heterocycles. The van der Waals surface area contributed by atoms with E-state index in [0.29, 0.717) is 19.4 Å². The quantitative estimate of drug-likeness (QED) is 0.809. The lowest BCUT2D eigenvalue weighted by Crippen LogP contribution is -2.74. The number of ether oxygens (including phenoxy) is 1. The predicted molar refractivity (Wildman–Crippen MR) is 96.8 cm³/mol. The predicted octanol–water partition coefficient (Wildman–Crippen LogP) is 3.02. The average molecular weight is 368 g/mol. The van der Waals surface area contributed by atoms with E-state index in [9.17, 15) is 19.5 Å². The number of carboxylic acid groups (broad SMARTS) is 1. The van der Waals surface area contributed by atoms with Crippen LogP contribution in [0.1, 0.15) is 73.1 Å². The lowest BCUT2D eigenvalue weighted by molar-refractivity contribution is -0.168. The van der Waals surface area contributed by atoms with Gasteiger partial charge in [-0.2, -0.15) is 0 Å². The maximum Gasteiger partial charge on any atom is 0.411 e. The van der Waals surface area contributed by atoms with Gasteiger partial charge in [-0.1, -0.05) is 25.7 Å². The molecule has 1 aliphatic heterocycles. The van der Waals surface area contributed by atoms with Crippen molar-refractivity contribution in [3.05, 3.63) is 0 Å². The molecule has 0 aromatic rings. The molecular formula is C19H32N2O5. The van der Waals surface area contributed by atoms with Gasteiger partial charge < -0.3 is 14.7 Å². The highest BCUT2D eigenvalue weighted by Crippen LogP contribution is 2.41. The molecule has 1 saturated carbocycles. The molecule has 0 bridgehead atoms. The van der Waals surface area contributed by atoms with E-state index in [2.05, 4.69) is 0 Å². The molecule has 2 aliphatic rings. The first-order chi connectivity index (χ1) is 11.9. The van der Waals surface area contributed by atoms with E-state index in [1.54, 1.807) is 34.6 Å². The highest BCUT2D eigenvalue weighted by molar-refractivity contribution is 5.93. The van der Waals surface area contributed by atoms with Crippen molar-refractivity contribution in [3.8, 4) is 0 Å². The summed E-state index contributed by atoms with van der Waals surface area (Å²) in [5, 5.41) is 9.37. The maximum atomic E-state index is 13.3. The number of piperazine rings is 1. The number of carbonyl (C=O) groups excluding carboxylic acids is 2. The second kappa shape index (κ2) is 7.08. The topological polar surface area (TPSA) is 87.2 Å². The van der Waals surface area contributed by atoms with Gasteiger partial charge in [0, 0.05) is 6.54 Å². The number of hydrogen-bond donors (Lipinski definition) is 1. The van der Waals surface area contributed by atoms with Crippen LogP contribution < -0.4 is 0 Å². The van der Waals surface area contributed by atoms with E-state index in [1.165, 1.54) is 9.80 Å². The van der Waals surface area contributed by atoms with Gasteiger partial charge in [-0.3, -0.25) is 14.5 Å². The Morgan fingerprint density at radius 3 is 2.12 bits per heavy atom. The molecule has 0 radical (unpaired) electrons. The maximum absolute atomic E-state index is 13.3. The monoisotopic (exact) mass is 368 g/mol. The van der Waals surface area contributed by atoms with Crippen LogP contribution in [0.4, 0.5) is 4.79 Å². The zero-order valence-electron chi connectivity index (χ0n) is 16.6. The van der Waals surface area contributed by atoms with Crippen molar-refractivity contribution < 1.29 is 24.2 Å². The third-order valence-corrected chi connectivity index (χ3v) is 5.41. The molecule has 1 spiro atoms. The fraction of sp³-hybridized carbons (Fsp3) is 0.842. The van der Waals surface area contributed by atoms with Crippen LogP contribution in [0.25, 0.3) is 0 Å². The van der Waals surface area contributed by atoms with Gasteiger partial charge in [0.15, 0.2) is 0 Å². The van der Waals surface area contributed by atoms with Gasteiger partial charge in [-0.05, 0) is 47.5 Å². The van der Waals surface area contributed by atoms with Crippen molar-refractivity contribution in [3.63, 3.8) is 0 Å². The van der Waals surface area contributed by atoms with E-state index in [4.69, 9.17) is 4.74 Å². The van der Waals surface area contributed by atoms with Crippen LogP contribution in [0, 0.1) is 0 Å². The minimum atomic E-state index is -1.14. The van der Waals surface area contributed by atoms with Gasteiger partial charge in [0.25, 0.3) is 0 Å². The molecule has 148 valence electrons. The first kappa shape index (κ1) is 20.5. The Kier molecular flexibility index (Phi) is 5.59. The molecule has 26 heavy (non-hydrogen) atoms. The van der Waals surface area contributed by atoms with Crippen molar-refractivity contribution in [2.24, 2.45) is 0 Å². The molecule has 0 aromatic carbocycles. The van der Waals surface area contributed by atoms with Gasteiger partial charge in [-0.15, -0.1) is 0 Å². The van der Waals surface area contributed by atoms with Crippen molar-refractivity contribution in [2.75, 3.05) is 13.1 Å². The summed E-state index contributed by atoms with van der Waals surface area (Å²) < 4.78 is 5.54. The van der Waals surface area contributed by atoms with Crippen molar-refractivity contribution in [1.82, 2.24) is 9.80 Å². The molecular weight excluding hydrogens is 336 g/mol. The van der Waals surface area contributed by atoms with Crippen LogP contribution in [-0.2, 0) is 14.3 Å². The fourth-order valence-electron chi connectivity index (χ4n) is 4.04. The van der Waals surface area contributed by atoms with Gasteiger partial charge >= 0.3 is 12.1 Å². The number of carbonyl (C=O) groups is 3. The number of nitrogens with zero attached hydrogens (tertiary/aromatic N) is 2. The van der Waals surface area contributed by atoms with Crippen LogP contribution in [0.5, 0.6) is 0 Å². The molecule has 0 atom stereocenters. The van der Waals surface area contributed by atoms with E-state index in [0.717, 1.165) is 25.7 Å². The molecule has 2 amide bonds. The summed E-state index contributed by atoms with van der Waals surface area (Å²) in [6.45, 7) is 8.69. The molecule has 2 rings (SSSR count). The Morgan fingerprint density at radius 2 is 1.65 bits per heavy atom. The number of carboxylic acids is 1. The molecule has 1 saturated heterocycles. The smallest absolute Gasteiger partial charge is 0.411 e. The Hall–Kier alpha value is -1.79. The Balaban J connectivity index is 2.42. The van der Waals surface area contributed by atoms with E-state index in [1.807, 2.05) is 0 Å². The molecule has 1 N–H and O–H groups in total. The third kappa shape index (κ3) is 4.13. The summed E-state index contributed by atoms with van der Waals surface area (Å²) in [4.78, 5) is 40.6. The lowest BCUT2D eigenvalue weighted by Gasteiger charge is -2.56. The van der Waals surface area contributed by atoms with Gasteiger partial charge in [0.1, 0.15) is 17.7 Å². The summed E-state index contributed by atoms with van der Waals surface area (Å²) in [5.41, 5.74) is -2.43. The zero-order valence-corrected chi connectivity index (χ0v) is 16.6. The van der Waals surface area contributed by atoms with E-state index in [-0.39, 0.29) is 12.5 Å².